The van der Waals surface area contributed by atoms with Gasteiger partial charge in [-0.15, -0.1) is 0 Å². The van der Waals surface area contributed by atoms with Crippen LogP contribution in [0.1, 0.15) is 12.8 Å². The van der Waals surface area contributed by atoms with E-state index in [4.69, 9.17) is 22.1 Å². The van der Waals surface area contributed by atoms with Crippen molar-refractivity contribution in [3.63, 3.8) is 0 Å². The molecule has 0 bridgehead atoms. The average Bonchev–Trinajstić information content (AvgIpc) is 2.81. The molecule has 0 unspecified atom stereocenters. The maximum atomic E-state index is 5.67. The molecule has 3 nitrogen and oxygen atoms in total. The normalized spacial score (nSPS) is 16.1. The largest absolute Gasteiger partial charge is 0.488 e. The summed E-state index contributed by atoms with van der Waals surface area (Å²) in [6, 6.07) is 1.65. The number of nitrogens with zero attached hydrogens (tertiary/aromatic N) is 1. The fourth-order valence-corrected chi connectivity index (χ4v) is 1.04. The summed E-state index contributed by atoms with van der Waals surface area (Å²) >= 11 is 5.67. The number of anilines is 1. The van der Waals surface area contributed by atoms with Gasteiger partial charge in [-0.3, -0.25) is 0 Å². The summed E-state index contributed by atoms with van der Waals surface area (Å²) in [5, 5.41) is 0.417. The molecule has 1 aromatic heterocycles. The minimum atomic E-state index is 0.339. The molecule has 0 aliphatic heterocycles. The molecule has 0 saturated heterocycles. The van der Waals surface area contributed by atoms with E-state index in [0.29, 0.717) is 22.7 Å². The van der Waals surface area contributed by atoms with Crippen LogP contribution < -0.4 is 10.5 Å². The van der Waals surface area contributed by atoms with E-state index in [-0.39, 0.29) is 0 Å². The van der Waals surface area contributed by atoms with Crippen molar-refractivity contribution in [2.24, 2.45) is 0 Å². The van der Waals surface area contributed by atoms with Crippen molar-refractivity contribution in [3.05, 3.63) is 17.4 Å². The zero-order valence-electron chi connectivity index (χ0n) is 6.46. The Morgan fingerprint density at radius 1 is 1.58 bits per heavy atom. The summed E-state index contributed by atoms with van der Waals surface area (Å²) in [4.78, 5) is 3.83. The van der Waals surface area contributed by atoms with E-state index in [1.54, 1.807) is 6.07 Å². The Morgan fingerprint density at radius 3 is 3.00 bits per heavy atom. The lowest BCUT2D eigenvalue weighted by Gasteiger charge is -2.06. The third-order valence-corrected chi connectivity index (χ3v) is 1.89. The van der Waals surface area contributed by atoms with Crippen LogP contribution >= 0.6 is 11.6 Å². The molecule has 0 spiro atoms. The number of hydrogen-bond donors (Lipinski definition) is 1. The maximum absolute atomic E-state index is 5.67. The lowest BCUT2D eigenvalue weighted by atomic mass is 10.4. The Morgan fingerprint density at radius 2 is 2.33 bits per heavy atom. The molecule has 1 fully saturated rings. The van der Waals surface area contributed by atoms with Gasteiger partial charge in [0.25, 0.3) is 0 Å². The van der Waals surface area contributed by atoms with Crippen LogP contribution in [-0.4, -0.2) is 11.1 Å². The van der Waals surface area contributed by atoms with Crippen molar-refractivity contribution in [1.82, 2.24) is 4.98 Å². The lowest BCUT2D eigenvalue weighted by molar-refractivity contribution is 0.304. The molecule has 1 heterocycles. The monoisotopic (exact) mass is 184 g/mol. The number of ether oxygens (including phenoxy) is 1. The number of hydrogen-bond acceptors (Lipinski definition) is 3. The van der Waals surface area contributed by atoms with E-state index in [9.17, 15) is 0 Å². The van der Waals surface area contributed by atoms with Crippen molar-refractivity contribution in [3.8, 4) is 5.75 Å². The van der Waals surface area contributed by atoms with Crippen molar-refractivity contribution >= 4 is 17.3 Å². The van der Waals surface area contributed by atoms with Gasteiger partial charge < -0.3 is 10.5 Å². The highest BCUT2D eigenvalue weighted by Crippen LogP contribution is 2.31. The molecule has 0 amide bonds. The van der Waals surface area contributed by atoms with Crippen LogP contribution in [0.3, 0.4) is 0 Å². The first-order chi connectivity index (χ1) is 5.75. The van der Waals surface area contributed by atoms with Gasteiger partial charge in [0.05, 0.1) is 18.0 Å². The second-order valence-electron chi connectivity index (χ2n) is 2.86. The van der Waals surface area contributed by atoms with Crippen LogP contribution in [0.15, 0.2) is 12.3 Å². The summed E-state index contributed by atoms with van der Waals surface area (Å²) in [5.41, 5.74) is 6.17. The molecule has 1 aliphatic carbocycles. The summed E-state index contributed by atoms with van der Waals surface area (Å²) in [5.74, 6) is 0.650. The fourth-order valence-electron chi connectivity index (χ4n) is 0.891. The Labute approximate surface area is 75.5 Å². The first-order valence-electron chi connectivity index (χ1n) is 3.83. The smallest absolute Gasteiger partial charge is 0.147 e. The summed E-state index contributed by atoms with van der Waals surface area (Å²) in [6.07, 6.45) is 4.07. The number of halogens is 1. The lowest BCUT2D eigenvalue weighted by Crippen LogP contribution is -2.00. The number of pyridine rings is 1. The van der Waals surface area contributed by atoms with Crippen LogP contribution in [0.2, 0.25) is 5.15 Å². The third kappa shape index (κ3) is 1.61. The predicted molar refractivity (Wildman–Crippen MR) is 47.3 cm³/mol. The van der Waals surface area contributed by atoms with Gasteiger partial charge in [0.1, 0.15) is 10.9 Å². The van der Waals surface area contributed by atoms with Crippen LogP contribution in [0, 0.1) is 0 Å². The van der Waals surface area contributed by atoms with E-state index in [0.717, 1.165) is 12.8 Å². The van der Waals surface area contributed by atoms with Gasteiger partial charge in [-0.2, -0.15) is 0 Å². The Balaban J connectivity index is 2.21. The van der Waals surface area contributed by atoms with Gasteiger partial charge in [0.15, 0.2) is 0 Å². The van der Waals surface area contributed by atoms with Crippen LogP contribution in [0.4, 0.5) is 5.69 Å². The first-order valence-corrected chi connectivity index (χ1v) is 4.21. The molecular formula is C8H9ClN2O. The van der Waals surface area contributed by atoms with Gasteiger partial charge >= 0.3 is 0 Å². The van der Waals surface area contributed by atoms with Gasteiger partial charge in [-0.1, -0.05) is 11.6 Å². The average molecular weight is 185 g/mol. The van der Waals surface area contributed by atoms with Gasteiger partial charge in [-0.05, 0) is 12.8 Å². The number of nitrogen functional groups attached to an aromatic ring is 1. The molecular weight excluding hydrogens is 176 g/mol. The van der Waals surface area contributed by atoms with Crippen molar-refractivity contribution in [1.29, 1.82) is 0 Å². The molecule has 4 heteroatoms. The molecule has 0 radical (unpaired) electrons. The molecule has 2 N–H and O–H groups in total. The maximum Gasteiger partial charge on any atom is 0.147 e. The minimum Gasteiger partial charge on any atom is -0.488 e. The summed E-state index contributed by atoms with van der Waals surface area (Å²) in [7, 11) is 0. The van der Waals surface area contributed by atoms with E-state index in [2.05, 4.69) is 4.98 Å². The van der Waals surface area contributed by atoms with Crippen molar-refractivity contribution < 1.29 is 4.74 Å². The molecule has 1 saturated carbocycles. The van der Waals surface area contributed by atoms with Crippen molar-refractivity contribution in [2.75, 3.05) is 5.73 Å². The highest BCUT2D eigenvalue weighted by molar-refractivity contribution is 6.29. The van der Waals surface area contributed by atoms with Gasteiger partial charge in [0, 0.05) is 6.07 Å². The Bertz CT molecular complexity index is 299. The van der Waals surface area contributed by atoms with Gasteiger partial charge in [0.2, 0.25) is 0 Å². The molecule has 1 aromatic rings. The number of aromatic nitrogens is 1. The highest BCUT2D eigenvalue weighted by Gasteiger charge is 2.24. The third-order valence-electron chi connectivity index (χ3n) is 1.68. The number of nitrogens with two attached hydrogens (primary N) is 1. The SMILES string of the molecule is Nc1cnc(Cl)cc1OC1CC1. The topological polar surface area (TPSA) is 48.1 Å². The highest BCUT2D eigenvalue weighted by atomic mass is 35.5. The first kappa shape index (κ1) is 7.68. The van der Waals surface area contributed by atoms with Crippen molar-refractivity contribution in [2.45, 2.75) is 18.9 Å². The van der Waals surface area contributed by atoms with E-state index in [1.165, 1.54) is 6.20 Å². The Kier molecular flexibility index (Phi) is 1.81. The quantitative estimate of drug-likeness (QED) is 0.714. The minimum absolute atomic E-state index is 0.339. The molecule has 1 aliphatic rings. The second kappa shape index (κ2) is 2.83. The molecule has 64 valence electrons. The zero-order valence-corrected chi connectivity index (χ0v) is 7.21. The van der Waals surface area contributed by atoms with E-state index in [1.807, 2.05) is 0 Å². The predicted octanol–water partition coefficient (Wildman–Crippen LogP) is 1.86. The number of rotatable bonds is 2. The van der Waals surface area contributed by atoms with Crippen LogP contribution in [0.25, 0.3) is 0 Å². The van der Waals surface area contributed by atoms with Crippen LogP contribution in [0.5, 0.6) is 5.75 Å². The molecule has 12 heavy (non-hydrogen) atoms. The molecule has 0 atom stereocenters. The fraction of sp³-hybridized carbons (Fsp3) is 0.375. The second-order valence-corrected chi connectivity index (χ2v) is 3.25. The summed E-state index contributed by atoms with van der Waals surface area (Å²) in [6.45, 7) is 0. The summed E-state index contributed by atoms with van der Waals surface area (Å²) < 4.78 is 5.49. The Hall–Kier alpha value is -0.960. The molecule has 0 aromatic carbocycles. The van der Waals surface area contributed by atoms with E-state index < -0.39 is 0 Å². The van der Waals surface area contributed by atoms with Crippen LogP contribution in [-0.2, 0) is 0 Å². The van der Waals surface area contributed by atoms with E-state index >= 15 is 0 Å². The zero-order chi connectivity index (χ0) is 8.55. The standard InChI is InChI=1S/C8H9ClN2O/c9-8-3-7(6(10)4-11-8)12-5-1-2-5/h3-5H,1-2,10H2. The molecule has 2 rings (SSSR count). The van der Waals surface area contributed by atoms with Gasteiger partial charge in [-0.25, -0.2) is 4.98 Å².